The summed E-state index contributed by atoms with van der Waals surface area (Å²) < 4.78 is 0. The lowest BCUT2D eigenvalue weighted by molar-refractivity contribution is 1.15. The molecule has 82 valence electrons. The third kappa shape index (κ3) is 2.91. The van der Waals surface area contributed by atoms with Gasteiger partial charge in [0.05, 0.1) is 0 Å². The summed E-state index contributed by atoms with van der Waals surface area (Å²) in [6.07, 6.45) is 0. The first-order chi connectivity index (χ1) is 7.74. The predicted molar refractivity (Wildman–Crippen MR) is 69.6 cm³/mol. The Morgan fingerprint density at radius 2 is 1.81 bits per heavy atom. The minimum absolute atomic E-state index is 0.757. The summed E-state index contributed by atoms with van der Waals surface area (Å²) in [6.45, 7) is 0.765. The molecule has 0 atom stereocenters. The fraction of sp³-hybridized carbons (Fsp3) is 0.0769. The predicted octanol–water partition coefficient (Wildman–Crippen LogP) is 3.53. The van der Waals surface area contributed by atoms with E-state index in [1.54, 1.807) is 0 Å². The highest BCUT2D eigenvalue weighted by Gasteiger charge is 1.94. The van der Waals surface area contributed by atoms with Crippen molar-refractivity contribution in [1.29, 1.82) is 0 Å². The molecule has 3 heteroatoms. The van der Waals surface area contributed by atoms with Crippen molar-refractivity contribution in [1.82, 2.24) is 0 Å². The van der Waals surface area contributed by atoms with Crippen molar-refractivity contribution >= 4 is 23.0 Å². The van der Waals surface area contributed by atoms with E-state index in [4.69, 9.17) is 17.3 Å². The van der Waals surface area contributed by atoms with Crippen LogP contribution >= 0.6 is 11.6 Å². The van der Waals surface area contributed by atoms with Gasteiger partial charge >= 0.3 is 0 Å². The highest BCUT2D eigenvalue weighted by atomic mass is 35.5. The Hall–Kier alpha value is -1.67. The molecular weight excluding hydrogens is 220 g/mol. The Morgan fingerprint density at radius 1 is 1.06 bits per heavy atom. The molecule has 2 nitrogen and oxygen atoms in total. The molecular formula is C13H13ClN2. The maximum atomic E-state index is 5.81. The molecule has 0 unspecified atom stereocenters. The van der Waals surface area contributed by atoms with E-state index in [0.717, 1.165) is 22.9 Å². The van der Waals surface area contributed by atoms with Crippen molar-refractivity contribution in [3.8, 4) is 0 Å². The number of nitrogens with two attached hydrogens (primary N) is 1. The Labute approximate surface area is 100 Å². The topological polar surface area (TPSA) is 38.0 Å². The number of hydrogen-bond donors (Lipinski definition) is 2. The van der Waals surface area contributed by atoms with Gasteiger partial charge < -0.3 is 11.1 Å². The SMILES string of the molecule is Nc1cccc(NCc2ccc(Cl)cc2)c1. The zero-order chi connectivity index (χ0) is 11.4. The molecule has 0 aromatic heterocycles. The van der Waals surface area contributed by atoms with Gasteiger partial charge in [-0.2, -0.15) is 0 Å². The number of nitrogen functional groups attached to an aromatic ring is 1. The minimum atomic E-state index is 0.757. The highest BCUT2D eigenvalue weighted by molar-refractivity contribution is 6.30. The Kier molecular flexibility index (Phi) is 3.32. The Balaban J connectivity index is 1.99. The lowest BCUT2D eigenvalue weighted by atomic mass is 10.2. The molecule has 0 bridgehead atoms. The van der Waals surface area contributed by atoms with E-state index >= 15 is 0 Å². The number of benzene rings is 2. The second-order valence-electron chi connectivity index (χ2n) is 3.61. The average Bonchev–Trinajstić information content (AvgIpc) is 2.28. The summed E-state index contributed by atoms with van der Waals surface area (Å²) in [7, 11) is 0. The summed E-state index contributed by atoms with van der Waals surface area (Å²) in [6, 6.07) is 15.5. The molecule has 0 saturated carbocycles. The van der Waals surface area contributed by atoms with Crippen LogP contribution in [-0.4, -0.2) is 0 Å². The van der Waals surface area contributed by atoms with Gasteiger partial charge in [-0.3, -0.25) is 0 Å². The maximum absolute atomic E-state index is 5.81. The van der Waals surface area contributed by atoms with Crippen LogP contribution in [0, 0.1) is 0 Å². The van der Waals surface area contributed by atoms with E-state index in [1.165, 1.54) is 5.56 Å². The van der Waals surface area contributed by atoms with Crippen LogP contribution in [0.25, 0.3) is 0 Å². The first kappa shape index (κ1) is 10.8. The van der Waals surface area contributed by atoms with Crippen LogP contribution in [0.15, 0.2) is 48.5 Å². The number of rotatable bonds is 3. The molecule has 0 spiro atoms. The van der Waals surface area contributed by atoms with Crippen molar-refractivity contribution in [3.05, 3.63) is 59.1 Å². The summed E-state index contributed by atoms with van der Waals surface area (Å²) in [5.41, 5.74) is 8.66. The molecule has 0 amide bonds. The molecule has 0 aliphatic rings. The number of nitrogens with one attached hydrogen (secondary N) is 1. The second kappa shape index (κ2) is 4.90. The number of hydrogen-bond acceptors (Lipinski definition) is 2. The van der Waals surface area contributed by atoms with Gasteiger partial charge in [-0.1, -0.05) is 29.8 Å². The lowest BCUT2D eigenvalue weighted by Crippen LogP contribution is -1.99. The van der Waals surface area contributed by atoms with Gasteiger partial charge in [0.25, 0.3) is 0 Å². The zero-order valence-corrected chi connectivity index (χ0v) is 9.54. The standard InChI is InChI=1S/C13H13ClN2/c14-11-6-4-10(5-7-11)9-16-13-3-1-2-12(15)8-13/h1-8,16H,9,15H2. The molecule has 0 heterocycles. The molecule has 2 rings (SSSR count). The van der Waals surface area contributed by atoms with Crippen molar-refractivity contribution in [3.63, 3.8) is 0 Å². The lowest BCUT2D eigenvalue weighted by Gasteiger charge is -2.07. The summed E-state index contributed by atoms with van der Waals surface area (Å²) >= 11 is 5.81. The monoisotopic (exact) mass is 232 g/mol. The van der Waals surface area contributed by atoms with E-state index in [-0.39, 0.29) is 0 Å². The molecule has 0 aliphatic carbocycles. The largest absolute Gasteiger partial charge is 0.399 e. The van der Waals surface area contributed by atoms with Crippen LogP contribution in [0.2, 0.25) is 5.02 Å². The van der Waals surface area contributed by atoms with Crippen LogP contribution in [0.5, 0.6) is 0 Å². The van der Waals surface area contributed by atoms with Gasteiger partial charge in [0.2, 0.25) is 0 Å². The molecule has 16 heavy (non-hydrogen) atoms. The van der Waals surface area contributed by atoms with Crippen LogP contribution in [0.1, 0.15) is 5.56 Å². The van der Waals surface area contributed by atoms with Gasteiger partial charge in [0.1, 0.15) is 0 Å². The average molecular weight is 233 g/mol. The Morgan fingerprint density at radius 3 is 2.50 bits per heavy atom. The first-order valence-corrected chi connectivity index (χ1v) is 5.46. The highest BCUT2D eigenvalue weighted by Crippen LogP contribution is 2.14. The van der Waals surface area contributed by atoms with Gasteiger partial charge in [-0.15, -0.1) is 0 Å². The molecule has 0 radical (unpaired) electrons. The third-order valence-electron chi connectivity index (χ3n) is 2.30. The number of anilines is 2. The van der Waals surface area contributed by atoms with Crippen molar-refractivity contribution in [2.24, 2.45) is 0 Å². The van der Waals surface area contributed by atoms with Crippen LogP contribution < -0.4 is 11.1 Å². The summed E-state index contributed by atoms with van der Waals surface area (Å²) in [5, 5.41) is 4.06. The summed E-state index contributed by atoms with van der Waals surface area (Å²) in [5.74, 6) is 0. The van der Waals surface area contributed by atoms with Crippen molar-refractivity contribution in [2.75, 3.05) is 11.1 Å². The van der Waals surface area contributed by atoms with Gasteiger partial charge in [-0.25, -0.2) is 0 Å². The third-order valence-corrected chi connectivity index (χ3v) is 2.55. The van der Waals surface area contributed by atoms with Crippen LogP contribution in [0.3, 0.4) is 0 Å². The maximum Gasteiger partial charge on any atom is 0.0406 e. The second-order valence-corrected chi connectivity index (χ2v) is 4.04. The quantitative estimate of drug-likeness (QED) is 0.795. The fourth-order valence-electron chi connectivity index (χ4n) is 1.46. The zero-order valence-electron chi connectivity index (χ0n) is 8.78. The van der Waals surface area contributed by atoms with E-state index in [1.807, 2.05) is 48.5 Å². The Bertz CT molecular complexity index is 466. The van der Waals surface area contributed by atoms with E-state index < -0.39 is 0 Å². The molecule has 0 saturated heterocycles. The molecule has 2 aromatic rings. The van der Waals surface area contributed by atoms with Gasteiger partial charge in [0.15, 0.2) is 0 Å². The van der Waals surface area contributed by atoms with Crippen molar-refractivity contribution < 1.29 is 0 Å². The van der Waals surface area contributed by atoms with Crippen LogP contribution in [-0.2, 0) is 6.54 Å². The normalized spacial score (nSPS) is 10.1. The molecule has 3 N–H and O–H groups in total. The van der Waals surface area contributed by atoms with Gasteiger partial charge in [-0.05, 0) is 35.9 Å². The summed E-state index contributed by atoms with van der Waals surface area (Å²) in [4.78, 5) is 0. The molecule has 0 aliphatic heterocycles. The smallest absolute Gasteiger partial charge is 0.0406 e. The van der Waals surface area contributed by atoms with E-state index in [9.17, 15) is 0 Å². The van der Waals surface area contributed by atoms with E-state index in [2.05, 4.69) is 5.32 Å². The number of halogens is 1. The molecule has 2 aromatic carbocycles. The fourth-order valence-corrected chi connectivity index (χ4v) is 1.58. The van der Waals surface area contributed by atoms with E-state index in [0.29, 0.717) is 0 Å². The van der Waals surface area contributed by atoms with Crippen molar-refractivity contribution in [2.45, 2.75) is 6.54 Å². The molecule has 0 fully saturated rings. The minimum Gasteiger partial charge on any atom is -0.399 e. The van der Waals surface area contributed by atoms with Crippen LogP contribution in [0.4, 0.5) is 11.4 Å². The van der Waals surface area contributed by atoms with Gasteiger partial charge in [0, 0.05) is 22.9 Å². The first-order valence-electron chi connectivity index (χ1n) is 5.08.